The lowest BCUT2D eigenvalue weighted by molar-refractivity contribution is 0.0698. The lowest BCUT2D eigenvalue weighted by atomic mass is 9.97. The van der Waals surface area contributed by atoms with Gasteiger partial charge in [0, 0.05) is 23.4 Å². The smallest absolute Gasteiger partial charge is 0.392 e. The van der Waals surface area contributed by atoms with Crippen LogP contribution in [0.1, 0.15) is 35.0 Å². The Labute approximate surface area is 135 Å². The van der Waals surface area contributed by atoms with E-state index in [0.29, 0.717) is 24.5 Å². The number of aromatic amines is 1. The number of hydrogen-bond acceptors (Lipinski definition) is 5. The molecule has 1 atom stereocenters. The average molecular weight is 329 g/mol. The molecule has 1 saturated heterocycles. The summed E-state index contributed by atoms with van der Waals surface area (Å²) in [6.07, 6.45) is 1.73. The molecule has 1 amide bonds. The standard InChI is InChI=1S/C16H15N3O3S/c20-15(11-3-4-13-10(8-11)5-7-23-13)19-6-1-2-12(9-19)14-17-18-16(21)22-14/h3-5,7-8,12H,1-2,6,9H2,(H,18,21). The molecule has 0 saturated carbocycles. The van der Waals surface area contributed by atoms with E-state index >= 15 is 0 Å². The lowest BCUT2D eigenvalue weighted by Crippen LogP contribution is -2.39. The van der Waals surface area contributed by atoms with Crippen molar-refractivity contribution in [1.82, 2.24) is 15.1 Å². The molecule has 2 aromatic heterocycles. The third-order valence-corrected chi connectivity index (χ3v) is 5.11. The van der Waals surface area contributed by atoms with Crippen LogP contribution in [0.2, 0.25) is 0 Å². The summed E-state index contributed by atoms with van der Waals surface area (Å²) in [5.41, 5.74) is 0.694. The maximum absolute atomic E-state index is 12.8. The van der Waals surface area contributed by atoms with E-state index in [4.69, 9.17) is 4.42 Å². The van der Waals surface area contributed by atoms with E-state index in [1.165, 1.54) is 4.70 Å². The third kappa shape index (κ3) is 2.68. The SMILES string of the molecule is O=C(c1ccc2sccc2c1)N1CCCC(c2n[nH]c(=O)o2)C1. The summed E-state index contributed by atoms with van der Waals surface area (Å²) in [5, 5.41) is 9.30. The summed E-state index contributed by atoms with van der Waals surface area (Å²) in [6, 6.07) is 7.82. The molecule has 1 fully saturated rings. The molecule has 3 aromatic rings. The molecule has 7 heteroatoms. The van der Waals surface area contributed by atoms with Crippen LogP contribution >= 0.6 is 11.3 Å². The Kier molecular flexibility index (Phi) is 3.49. The van der Waals surface area contributed by atoms with Gasteiger partial charge in [-0.25, -0.2) is 9.89 Å². The number of nitrogens with zero attached hydrogens (tertiary/aromatic N) is 2. The fraction of sp³-hybridized carbons (Fsp3) is 0.312. The van der Waals surface area contributed by atoms with Gasteiger partial charge in [0.1, 0.15) is 0 Å². The van der Waals surface area contributed by atoms with E-state index in [1.807, 2.05) is 34.5 Å². The number of thiophene rings is 1. The number of aromatic nitrogens is 2. The Morgan fingerprint density at radius 1 is 1.39 bits per heavy atom. The molecule has 1 aromatic carbocycles. The van der Waals surface area contributed by atoms with Crippen LogP contribution in [0, 0.1) is 0 Å². The molecule has 1 unspecified atom stereocenters. The highest BCUT2D eigenvalue weighted by Crippen LogP contribution is 2.27. The zero-order chi connectivity index (χ0) is 15.8. The zero-order valence-electron chi connectivity index (χ0n) is 12.3. The molecular weight excluding hydrogens is 314 g/mol. The van der Waals surface area contributed by atoms with Crippen molar-refractivity contribution in [3.63, 3.8) is 0 Å². The molecule has 1 aliphatic rings. The second kappa shape index (κ2) is 5.66. The van der Waals surface area contributed by atoms with E-state index in [2.05, 4.69) is 10.2 Å². The molecular formula is C16H15N3O3S. The van der Waals surface area contributed by atoms with Gasteiger partial charge in [0.25, 0.3) is 5.91 Å². The number of fused-ring (bicyclic) bond motifs is 1. The van der Waals surface area contributed by atoms with Crippen molar-refractivity contribution in [3.05, 3.63) is 51.7 Å². The Morgan fingerprint density at radius 2 is 2.30 bits per heavy atom. The van der Waals surface area contributed by atoms with Gasteiger partial charge >= 0.3 is 5.76 Å². The van der Waals surface area contributed by atoms with Gasteiger partial charge in [0.15, 0.2) is 0 Å². The molecule has 0 spiro atoms. The molecule has 0 bridgehead atoms. The lowest BCUT2D eigenvalue weighted by Gasteiger charge is -2.31. The van der Waals surface area contributed by atoms with Crippen molar-refractivity contribution < 1.29 is 9.21 Å². The fourth-order valence-electron chi connectivity index (χ4n) is 3.06. The second-order valence-corrected chi connectivity index (χ2v) is 6.66. The van der Waals surface area contributed by atoms with Gasteiger partial charge in [-0.3, -0.25) is 4.79 Å². The van der Waals surface area contributed by atoms with Crippen LogP contribution in [0.5, 0.6) is 0 Å². The normalized spacial score (nSPS) is 18.4. The Balaban J connectivity index is 1.56. The van der Waals surface area contributed by atoms with E-state index < -0.39 is 5.76 Å². The number of rotatable bonds is 2. The Bertz CT molecular complexity index is 910. The molecule has 4 rings (SSSR count). The van der Waals surface area contributed by atoms with E-state index in [9.17, 15) is 9.59 Å². The minimum Gasteiger partial charge on any atom is -0.392 e. The maximum Gasteiger partial charge on any atom is 0.434 e. The van der Waals surface area contributed by atoms with Gasteiger partial charge in [0.2, 0.25) is 5.89 Å². The predicted molar refractivity (Wildman–Crippen MR) is 86.8 cm³/mol. The average Bonchev–Trinajstić information content (AvgIpc) is 3.22. The molecule has 6 nitrogen and oxygen atoms in total. The summed E-state index contributed by atoms with van der Waals surface area (Å²) < 4.78 is 6.22. The van der Waals surface area contributed by atoms with Gasteiger partial charge in [0.05, 0.1) is 5.92 Å². The van der Waals surface area contributed by atoms with Crippen molar-refractivity contribution in [2.24, 2.45) is 0 Å². The quantitative estimate of drug-likeness (QED) is 0.784. The summed E-state index contributed by atoms with van der Waals surface area (Å²) >= 11 is 1.66. The first-order valence-corrected chi connectivity index (χ1v) is 8.40. The first-order valence-electron chi connectivity index (χ1n) is 7.52. The van der Waals surface area contributed by atoms with Crippen LogP contribution in [-0.4, -0.2) is 34.1 Å². The first kappa shape index (κ1) is 14.2. The molecule has 0 aliphatic carbocycles. The van der Waals surface area contributed by atoms with Gasteiger partial charge in [-0.05, 0) is 47.9 Å². The highest BCUT2D eigenvalue weighted by Gasteiger charge is 2.28. The summed E-state index contributed by atoms with van der Waals surface area (Å²) in [6.45, 7) is 1.24. The highest BCUT2D eigenvalue weighted by molar-refractivity contribution is 7.17. The van der Waals surface area contributed by atoms with Crippen molar-refractivity contribution in [2.75, 3.05) is 13.1 Å². The van der Waals surface area contributed by atoms with Crippen LogP contribution in [0.25, 0.3) is 10.1 Å². The number of carbonyl (C=O) groups is 1. The first-order chi connectivity index (χ1) is 11.2. The number of amides is 1. The predicted octanol–water partition coefficient (Wildman–Crippen LogP) is 2.60. The topological polar surface area (TPSA) is 79.2 Å². The Morgan fingerprint density at radius 3 is 3.13 bits per heavy atom. The number of benzene rings is 1. The molecule has 1 N–H and O–H groups in total. The molecule has 0 radical (unpaired) electrons. The zero-order valence-corrected chi connectivity index (χ0v) is 13.1. The molecule has 23 heavy (non-hydrogen) atoms. The van der Waals surface area contributed by atoms with Crippen LogP contribution in [-0.2, 0) is 0 Å². The van der Waals surface area contributed by atoms with E-state index in [0.717, 1.165) is 18.2 Å². The summed E-state index contributed by atoms with van der Waals surface area (Å²) in [7, 11) is 0. The van der Waals surface area contributed by atoms with Gasteiger partial charge in [-0.2, -0.15) is 0 Å². The van der Waals surface area contributed by atoms with Gasteiger partial charge in [-0.15, -0.1) is 16.4 Å². The number of piperidine rings is 1. The third-order valence-electron chi connectivity index (χ3n) is 4.21. The Hall–Kier alpha value is -2.41. The van der Waals surface area contributed by atoms with Crippen molar-refractivity contribution in [1.29, 1.82) is 0 Å². The monoisotopic (exact) mass is 329 g/mol. The fourth-order valence-corrected chi connectivity index (χ4v) is 3.83. The summed E-state index contributed by atoms with van der Waals surface area (Å²) in [5.74, 6) is -0.177. The van der Waals surface area contributed by atoms with Crippen molar-refractivity contribution >= 4 is 27.3 Å². The number of likely N-dealkylation sites (tertiary alicyclic amines) is 1. The molecule has 1 aliphatic heterocycles. The van der Waals surface area contributed by atoms with Crippen LogP contribution < -0.4 is 5.76 Å². The van der Waals surface area contributed by atoms with Crippen molar-refractivity contribution in [3.8, 4) is 0 Å². The van der Waals surface area contributed by atoms with Gasteiger partial charge < -0.3 is 9.32 Å². The van der Waals surface area contributed by atoms with Crippen molar-refractivity contribution in [2.45, 2.75) is 18.8 Å². The second-order valence-electron chi connectivity index (χ2n) is 5.71. The number of hydrogen-bond donors (Lipinski definition) is 1. The number of H-pyrrole nitrogens is 1. The largest absolute Gasteiger partial charge is 0.434 e. The van der Waals surface area contributed by atoms with Crippen LogP contribution in [0.15, 0.2) is 38.9 Å². The van der Waals surface area contributed by atoms with E-state index in [1.54, 1.807) is 11.3 Å². The molecule has 118 valence electrons. The van der Waals surface area contributed by atoms with Gasteiger partial charge in [-0.1, -0.05) is 0 Å². The number of nitrogens with one attached hydrogen (secondary N) is 1. The molecule has 3 heterocycles. The summed E-state index contributed by atoms with van der Waals surface area (Å²) in [4.78, 5) is 25.7. The minimum atomic E-state index is -0.550. The minimum absolute atomic E-state index is 0.0145. The highest BCUT2D eigenvalue weighted by atomic mass is 32.1. The van der Waals surface area contributed by atoms with Crippen LogP contribution in [0.4, 0.5) is 0 Å². The number of carbonyl (C=O) groups excluding carboxylic acids is 1. The maximum atomic E-state index is 12.8. The van der Waals surface area contributed by atoms with E-state index in [-0.39, 0.29) is 11.8 Å². The van der Waals surface area contributed by atoms with Crippen LogP contribution in [0.3, 0.4) is 0 Å².